The summed E-state index contributed by atoms with van der Waals surface area (Å²) in [7, 11) is 0. The summed E-state index contributed by atoms with van der Waals surface area (Å²) < 4.78 is 5.90. The molecule has 1 heterocycles. The maximum absolute atomic E-state index is 13.0. The van der Waals surface area contributed by atoms with Gasteiger partial charge in [-0.2, -0.15) is 0 Å². The standard InChI is InChI=1S/C25H32N2O3/c1-16-10-17(2)12-18(11-16)15-27(24(3,4)5)26-23(29)19-8-9-22-20(13-19)21(28)14-25(6,7)30-22/h8-13H,14-15H2,1-7H3,(H,26,29). The molecule has 0 radical (unpaired) electrons. The zero-order chi connectivity index (χ0) is 22.3. The number of hydrogen-bond donors (Lipinski definition) is 1. The first-order valence-electron chi connectivity index (χ1n) is 10.4. The molecule has 1 aliphatic rings. The van der Waals surface area contributed by atoms with E-state index in [1.807, 2.05) is 18.9 Å². The molecule has 3 rings (SSSR count). The molecule has 5 nitrogen and oxygen atoms in total. The number of carbonyl (C=O) groups is 2. The summed E-state index contributed by atoms with van der Waals surface area (Å²) in [6.07, 6.45) is 0.298. The van der Waals surface area contributed by atoms with Crippen LogP contribution in [0.1, 0.15) is 78.4 Å². The molecule has 0 saturated heterocycles. The van der Waals surface area contributed by atoms with Gasteiger partial charge in [0.05, 0.1) is 12.0 Å². The van der Waals surface area contributed by atoms with Gasteiger partial charge in [0.2, 0.25) is 0 Å². The van der Waals surface area contributed by atoms with Crippen LogP contribution in [0.25, 0.3) is 0 Å². The van der Waals surface area contributed by atoms with Gasteiger partial charge in [0.25, 0.3) is 5.91 Å². The van der Waals surface area contributed by atoms with Gasteiger partial charge in [0.1, 0.15) is 11.4 Å². The van der Waals surface area contributed by atoms with Crippen LogP contribution in [0.2, 0.25) is 0 Å². The van der Waals surface area contributed by atoms with E-state index in [0.717, 1.165) is 5.56 Å². The summed E-state index contributed by atoms with van der Waals surface area (Å²) in [6.45, 7) is 14.7. The Bertz CT molecular complexity index is 966. The lowest BCUT2D eigenvalue weighted by atomic mass is 9.92. The smallest absolute Gasteiger partial charge is 0.265 e. The highest BCUT2D eigenvalue weighted by Gasteiger charge is 2.33. The highest BCUT2D eigenvalue weighted by molar-refractivity contribution is 6.03. The minimum absolute atomic E-state index is 0.00110. The number of fused-ring (bicyclic) bond motifs is 1. The second kappa shape index (κ2) is 7.88. The number of carbonyl (C=O) groups excluding carboxylic acids is 2. The Hall–Kier alpha value is -2.66. The molecule has 0 saturated carbocycles. The second-order valence-electron chi connectivity index (χ2n) is 9.87. The number of ketones is 1. The summed E-state index contributed by atoms with van der Waals surface area (Å²) in [5.41, 5.74) is 6.67. The molecule has 0 fully saturated rings. The molecule has 0 atom stereocenters. The van der Waals surface area contributed by atoms with Crippen molar-refractivity contribution >= 4 is 11.7 Å². The molecule has 1 amide bonds. The van der Waals surface area contributed by atoms with Crippen molar-refractivity contribution in [3.63, 3.8) is 0 Å². The average Bonchev–Trinajstić information content (AvgIpc) is 2.58. The lowest BCUT2D eigenvalue weighted by Gasteiger charge is -2.36. The third-order valence-corrected chi connectivity index (χ3v) is 5.18. The third kappa shape index (κ3) is 5.08. The van der Waals surface area contributed by atoms with Crippen molar-refractivity contribution in [3.8, 4) is 5.75 Å². The van der Waals surface area contributed by atoms with Gasteiger partial charge >= 0.3 is 0 Å². The summed E-state index contributed by atoms with van der Waals surface area (Å²) in [5, 5.41) is 1.93. The van der Waals surface area contributed by atoms with E-state index < -0.39 is 5.60 Å². The molecule has 0 bridgehead atoms. The van der Waals surface area contributed by atoms with Crippen LogP contribution in [-0.4, -0.2) is 27.8 Å². The number of nitrogens with zero attached hydrogens (tertiary/aromatic N) is 1. The molecule has 5 heteroatoms. The van der Waals surface area contributed by atoms with E-state index in [4.69, 9.17) is 4.74 Å². The van der Waals surface area contributed by atoms with Gasteiger partial charge in [-0.3, -0.25) is 15.0 Å². The van der Waals surface area contributed by atoms with E-state index in [9.17, 15) is 9.59 Å². The van der Waals surface area contributed by atoms with Crippen molar-refractivity contribution in [2.75, 3.05) is 0 Å². The number of ether oxygens (including phenoxy) is 1. The summed E-state index contributed by atoms with van der Waals surface area (Å²) in [5.74, 6) is 0.296. The van der Waals surface area contributed by atoms with Crippen molar-refractivity contribution in [1.82, 2.24) is 10.4 Å². The quantitative estimate of drug-likeness (QED) is 0.724. The average molecular weight is 409 g/mol. The van der Waals surface area contributed by atoms with Crippen LogP contribution in [0.3, 0.4) is 0 Å². The van der Waals surface area contributed by atoms with Gasteiger partial charge in [0, 0.05) is 17.6 Å². The van der Waals surface area contributed by atoms with E-state index in [-0.39, 0.29) is 17.2 Å². The number of Topliss-reactive ketones (excluding diaryl/α,β-unsaturated/α-hetero) is 1. The largest absolute Gasteiger partial charge is 0.487 e. The first-order chi connectivity index (χ1) is 13.8. The summed E-state index contributed by atoms with van der Waals surface area (Å²) in [6, 6.07) is 11.5. The van der Waals surface area contributed by atoms with Crippen LogP contribution in [0.4, 0.5) is 0 Å². The number of benzene rings is 2. The highest BCUT2D eigenvalue weighted by atomic mass is 16.5. The summed E-state index contributed by atoms with van der Waals surface area (Å²) in [4.78, 5) is 25.6. The molecule has 30 heavy (non-hydrogen) atoms. The molecule has 1 aliphatic heterocycles. The molecule has 0 aromatic heterocycles. The van der Waals surface area contributed by atoms with Crippen LogP contribution in [-0.2, 0) is 6.54 Å². The fourth-order valence-corrected chi connectivity index (χ4v) is 3.77. The van der Waals surface area contributed by atoms with Crippen molar-refractivity contribution in [1.29, 1.82) is 0 Å². The number of amides is 1. The normalized spacial score (nSPS) is 15.5. The van der Waals surface area contributed by atoms with E-state index in [1.54, 1.807) is 18.2 Å². The fraction of sp³-hybridized carbons (Fsp3) is 0.440. The lowest BCUT2D eigenvalue weighted by molar-refractivity contribution is 0.0461. The monoisotopic (exact) mass is 408 g/mol. The van der Waals surface area contributed by atoms with Gasteiger partial charge in [-0.15, -0.1) is 0 Å². The second-order valence-corrected chi connectivity index (χ2v) is 9.87. The lowest BCUT2D eigenvalue weighted by Crippen LogP contribution is -2.52. The fourth-order valence-electron chi connectivity index (χ4n) is 3.77. The van der Waals surface area contributed by atoms with E-state index >= 15 is 0 Å². The SMILES string of the molecule is Cc1cc(C)cc(CN(NC(=O)c2ccc3c(c2)C(=O)CC(C)(C)O3)C(C)(C)C)c1. The topological polar surface area (TPSA) is 58.6 Å². The highest BCUT2D eigenvalue weighted by Crippen LogP contribution is 2.33. The van der Waals surface area contributed by atoms with E-state index in [2.05, 4.69) is 58.2 Å². The van der Waals surface area contributed by atoms with E-state index in [1.165, 1.54) is 11.1 Å². The van der Waals surface area contributed by atoms with Gasteiger partial charge in [-0.25, -0.2) is 5.01 Å². The van der Waals surface area contributed by atoms with Crippen LogP contribution < -0.4 is 10.2 Å². The number of hydrogen-bond acceptors (Lipinski definition) is 4. The number of aryl methyl sites for hydroxylation is 2. The molecule has 0 aliphatic carbocycles. The summed E-state index contributed by atoms with van der Waals surface area (Å²) >= 11 is 0. The minimum atomic E-state index is -0.525. The van der Waals surface area contributed by atoms with Gasteiger partial charge < -0.3 is 4.74 Å². The first kappa shape index (κ1) is 22.0. The molecular formula is C25H32N2O3. The Morgan fingerprint density at radius 1 is 1.10 bits per heavy atom. The molecule has 1 N–H and O–H groups in total. The maximum atomic E-state index is 13.0. The molecule has 0 unspecified atom stereocenters. The number of hydrazine groups is 1. The predicted molar refractivity (Wildman–Crippen MR) is 119 cm³/mol. The third-order valence-electron chi connectivity index (χ3n) is 5.18. The van der Waals surface area contributed by atoms with Crippen molar-refractivity contribution in [2.24, 2.45) is 0 Å². The van der Waals surface area contributed by atoms with Gasteiger partial charge in [-0.1, -0.05) is 29.3 Å². The number of rotatable bonds is 4. The molecule has 0 spiro atoms. The van der Waals surface area contributed by atoms with Crippen LogP contribution in [0, 0.1) is 13.8 Å². The number of nitrogens with one attached hydrogen (secondary N) is 1. The Morgan fingerprint density at radius 2 is 1.73 bits per heavy atom. The molecule has 2 aromatic rings. The van der Waals surface area contributed by atoms with E-state index in [0.29, 0.717) is 29.8 Å². The maximum Gasteiger partial charge on any atom is 0.265 e. The van der Waals surface area contributed by atoms with Crippen LogP contribution in [0.15, 0.2) is 36.4 Å². The van der Waals surface area contributed by atoms with Crippen molar-refractivity contribution < 1.29 is 14.3 Å². The van der Waals surface area contributed by atoms with Crippen molar-refractivity contribution in [2.45, 2.75) is 72.6 Å². The van der Waals surface area contributed by atoms with Gasteiger partial charge in [-0.05, 0) is 72.2 Å². The minimum Gasteiger partial charge on any atom is -0.487 e. The molecule has 160 valence electrons. The first-order valence-corrected chi connectivity index (χ1v) is 10.4. The Balaban J connectivity index is 1.83. The predicted octanol–water partition coefficient (Wildman–Crippen LogP) is 4.99. The zero-order valence-corrected chi connectivity index (χ0v) is 19.1. The Morgan fingerprint density at radius 3 is 2.33 bits per heavy atom. The van der Waals surface area contributed by atoms with Crippen molar-refractivity contribution in [3.05, 3.63) is 64.2 Å². The Labute approximate surface area is 179 Å². The van der Waals surface area contributed by atoms with Crippen LogP contribution in [0.5, 0.6) is 5.75 Å². The Kier molecular flexibility index (Phi) is 5.79. The molecular weight excluding hydrogens is 376 g/mol. The van der Waals surface area contributed by atoms with Crippen LogP contribution >= 0.6 is 0 Å². The van der Waals surface area contributed by atoms with Gasteiger partial charge in [0.15, 0.2) is 5.78 Å². The zero-order valence-electron chi connectivity index (χ0n) is 19.1. The molecule has 2 aromatic carbocycles.